The summed E-state index contributed by atoms with van der Waals surface area (Å²) in [6.45, 7) is 13.3. The van der Waals surface area contributed by atoms with Crippen LogP contribution in [-0.4, -0.2) is 35.8 Å². The fourth-order valence-corrected chi connectivity index (χ4v) is 7.27. The number of benzene rings is 1. The molecular weight excluding hydrogens is 486 g/mol. The van der Waals surface area contributed by atoms with Crippen LogP contribution in [0.15, 0.2) is 18.2 Å². The summed E-state index contributed by atoms with van der Waals surface area (Å²) in [5.41, 5.74) is 0.810. The van der Waals surface area contributed by atoms with E-state index in [9.17, 15) is 14.4 Å². The average Bonchev–Trinajstić information content (AvgIpc) is 2.91. The summed E-state index contributed by atoms with van der Waals surface area (Å²) in [7, 11) is 0. The third-order valence-electron chi connectivity index (χ3n) is 10.9. The first kappa shape index (κ1) is 29.6. The first-order valence-electron chi connectivity index (χ1n) is 15.6. The molecule has 9 unspecified atom stereocenters. The van der Waals surface area contributed by atoms with Gasteiger partial charge in [-0.3, -0.25) is 14.4 Å². The minimum atomic E-state index is -0.313. The second kappa shape index (κ2) is 12.9. The lowest BCUT2D eigenvalue weighted by atomic mass is 9.77. The molecule has 1 aromatic rings. The molecule has 3 aliphatic rings. The third-order valence-corrected chi connectivity index (χ3v) is 10.9. The van der Waals surface area contributed by atoms with Crippen LogP contribution in [0.4, 0.5) is 0 Å². The predicted octanol–water partition coefficient (Wildman–Crippen LogP) is 6.35. The van der Waals surface area contributed by atoms with Gasteiger partial charge in [-0.05, 0) is 66.9 Å². The SMILES string of the molecule is CC1CCCC(NC(=O)c2cccc(C(=O)NC3CCCC(C)C3C)c2C(=O)NC2CCCC(C)C2C)C1C. The van der Waals surface area contributed by atoms with Gasteiger partial charge < -0.3 is 16.0 Å². The minimum Gasteiger partial charge on any atom is -0.349 e. The normalized spacial score (nSPS) is 35.1. The van der Waals surface area contributed by atoms with E-state index in [4.69, 9.17) is 0 Å². The van der Waals surface area contributed by atoms with Gasteiger partial charge in [0, 0.05) is 18.1 Å². The quantitative estimate of drug-likeness (QED) is 0.395. The number of rotatable bonds is 6. The van der Waals surface area contributed by atoms with Crippen molar-refractivity contribution in [2.75, 3.05) is 0 Å². The fourth-order valence-electron chi connectivity index (χ4n) is 7.27. The summed E-state index contributed by atoms with van der Waals surface area (Å²) in [6, 6.07) is 5.32. The van der Waals surface area contributed by atoms with Gasteiger partial charge in [-0.25, -0.2) is 0 Å². The van der Waals surface area contributed by atoms with E-state index in [2.05, 4.69) is 57.5 Å². The second-order valence-corrected chi connectivity index (χ2v) is 13.3. The van der Waals surface area contributed by atoms with Crippen molar-refractivity contribution in [3.63, 3.8) is 0 Å². The number of amides is 3. The molecule has 6 nitrogen and oxygen atoms in total. The van der Waals surface area contributed by atoms with Gasteiger partial charge in [-0.1, -0.05) is 86.1 Å². The van der Waals surface area contributed by atoms with Gasteiger partial charge >= 0.3 is 0 Å². The van der Waals surface area contributed by atoms with E-state index >= 15 is 0 Å². The lowest BCUT2D eigenvalue weighted by Gasteiger charge is -2.36. The van der Waals surface area contributed by atoms with E-state index < -0.39 is 0 Å². The molecule has 0 aliphatic heterocycles. The maximum absolute atomic E-state index is 14.0. The van der Waals surface area contributed by atoms with Gasteiger partial charge in [0.25, 0.3) is 17.7 Å². The Morgan fingerprint density at radius 2 is 0.872 bits per heavy atom. The molecule has 0 aromatic heterocycles. The molecular formula is C33H51N3O3. The fraction of sp³-hybridized carbons (Fsp3) is 0.727. The maximum atomic E-state index is 14.0. The Morgan fingerprint density at radius 1 is 0.538 bits per heavy atom. The molecule has 3 aliphatic carbocycles. The summed E-state index contributed by atoms with van der Waals surface area (Å²) < 4.78 is 0. The molecule has 1 aromatic carbocycles. The highest BCUT2D eigenvalue weighted by atomic mass is 16.2. The average molecular weight is 538 g/mol. The summed E-state index contributed by atoms with van der Waals surface area (Å²) >= 11 is 0. The zero-order valence-electron chi connectivity index (χ0n) is 25.0. The Bertz CT molecular complexity index is 981. The number of carbonyl (C=O) groups excluding carboxylic acids is 3. The smallest absolute Gasteiger partial charge is 0.253 e. The van der Waals surface area contributed by atoms with Crippen LogP contribution in [0, 0.1) is 35.5 Å². The van der Waals surface area contributed by atoms with Crippen LogP contribution in [0.5, 0.6) is 0 Å². The highest BCUT2D eigenvalue weighted by Crippen LogP contribution is 2.32. The van der Waals surface area contributed by atoms with E-state index in [-0.39, 0.29) is 41.4 Å². The van der Waals surface area contributed by atoms with Gasteiger partial charge in [-0.2, -0.15) is 0 Å². The lowest BCUT2D eigenvalue weighted by Crippen LogP contribution is -2.47. The van der Waals surface area contributed by atoms with Crippen molar-refractivity contribution in [2.24, 2.45) is 35.5 Å². The first-order valence-corrected chi connectivity index (χ1v) is 15.6. The van der Waals surface area contributed by atoms with Gasteiger partial charge in [0.1, 0.15) is 0 Å². The Kier molecular flexibility index (Phi) is 9.77. The number of hydrogen-bond acceptors (Lipinski definition) is 3. The zero-order chi connectivity index (χ0) is 28.3. The highest BCUT2D eigenvalue weighted by molar-refractivity contribution is 6.14. The second-order valence-electron chi connectivity index (χ2n) is 13.3. The van der Waals surface area contributed by atoms with Crippen LogP contribution in [0.25, 0.3) is 0 Å². The molecule has 6 heteroatoms. The summed E-state index contributed by atoms with van der Waals surface area (Å²) in [4.78, 5) is 41.4. The Balaban J connectivity index is 1.64. The van der Waals surface area contributed by atoms with Crippen LogP contribution in [0.2, 0.25) is 0 Å². The number of carbonyl (C=O) groups is 3. The summed E-state index contributed by atoms with van der Waals surface area (Å²) in [5, 5.41) is 9.73. The van der Waals surface area contributed by atoms with Crippen molar-refractivity contribution in [2.45, 2.75) is 117 Å². The molecule has 3 N–H and O–H groups in total. The van der Waals surface area contributed by atoms with Gasteiger partial charge in [0.05, 0.1) is 16.7 Å². The molecule has 0 spiro atoms. The van der Waals surface area contributed by atoms with Crippen LogP contribution in [-0.2, 0) is 0 Å². The monoisotopic (exact) mass is 537 g/mol. The molecule has 3 amide bonds. The summed E-state index contributed by atoms with van der Waals surface area (Å²) in [6.07, 6.45) is 9.55. The Labute approximate surface area is 235 Å². The topological polar surface area (TPSA) is 87.3 Å². The maximum Gasteiger partial charge on any atom is 0.253 e. The van der Waals surface area contributed by atoms with E-state index in [1.54, 1.807) is 18.2 Å². The van der Waals surface area contributed by atoms with Crippen molar-refractivity contribution >= 4 is 17.7 Å². The van der Waals surface area contributed by atoms with E-state index in [0.29, 0.717) is 46.6 Å². The standard InChI is InChI=1S/C33H51N3O3/c1-19-11-7-16-27(22(19)4)34-31(37)25-14-10-15-26(32(38)35-28-17-8-12-20(2)23(28)5)30(25)33(39)36-29-18-9-13-21(3)24(29)6/h10,14-15,19-24,27-29H,7-9,11-13,16-18H2,1-6H3,(H,34,37)(H,35,38)(H,36,39). The van der Waals surface area contributed by atoms with E-state index in [1.165, 1.54) is 12.8 Å². The molecule has 0 heterocycles. The Morgan fingerprint density at radius 3 is 1.23 bits per heavy atom. The van der Waals surface area contributed by atoms with Crippen molar-refractivity contribution in [1.29, 1.82) is 0 Å². The molecule has 3 fully saturated rings. The molecule has 4 rings (SSSR count). The number of hydrogen-bond donors (Lipinski definition) is 3. The predicted molar refractivity (Wildman–Crippen MR) is 157 cm³/mol. The van der Waals surface area contributed by atoms with Gasteiger partial charge in [0.2, 0.25) is 0 Å². The Hall–Kier alpha value is -2.37. The van der Waals surface area contributed by atoms with Crippen LogP contribution in [0.3, 0.4) is 0 Å². The lowest BCUT2D eigenvalue weighted by molar-refractivity contribution is 0.0841. The molecule has 9 atom stereocenters. The highest BCUT2D eigenvalue weighted by Gasteiger charge is 2.34. The van der Waals surface area contributed by atoms with Crippen molar-refractivity contribution in [3.8, 4) is 0 Å². The number of nitrogens with one attached hydrogen (secondary N) is 3. The van der Waals surface area contributed by atoms with Gasteiger partial charge in [0.15, 0.2) is 0 Å². The largest absolute Gasteiger partial charge is 0.349 e. The molecule has 0 bridgehead atoms. The zero-order valence-corrected chi connectivity index (χ0v) is 25.0. The van der Waals surface area contributed by atoms with Gasteiger partial charge in [-0.15, -0.1) is 0 Å². The molecule has 3 saturated carbocycles. The molecule has 216 valence electrons. The van der Waals surface area contributed by atoms with Crippen molar-refractivity contribution in [1.82, 2.24) is 16.0 Å². The van der Waals surface area contributed by atoms with Crippen molar-refractivity contribution < 1.29 is 14.4 Å². The molecule has 0 radical (unpaired) electrons. The first-order chi connectivity index (χ1) is 18.6. The van der Waals surface area contributed by atoms with Crippen LogP contribution in [0.1, 0.15) is 130 Å². The van der Waals surface area contributed by atoms with E-state index in [1.807, 2.05) is 0 Å². The van der Waals surface area contributed by atoms with Crippen LogP contribution < -0.4 is 16.0 Å². The van der Waals surface area contributed by atoms with Crippen molar-refractivity contribution in [3.05, 3.63) is 34.9 Å². The van der Waals surface area contributed by atoms with E-state index in [0.717, 1.165) is 44.9 Å². The minimum absolute atomic E-state index is 0.0340. The van der Waals surface area contributed by atoms with Crippen LogP contribution >= 0.6 is 0 Å². The summed E-state index contributed by atoms with van der Waals surface area (Å²) in [5.74, 6) is 1.85. The third kappa shape index (κ3) is 6.69. The molecule has 39 heavy (non-hydrogen) atoms. The molecule has 0 saturated heterocycles.